The molecule has 3 heteroatoms. The summed E-state index contributed by atoms with van der Waals surface area (Å²) >= 11 is 0. The maximum Gasteiger partial charge on any atom is 0.234 e. The monoisotopic (exact) mass is 397 g/mol. The predicted molar refractivity (Wildman–Crippen MR) is 122 cm³/mol. The molecule has 3 aromatic rings. The molecule has 0 unspecified atom stereocenters. The topological polar surface area (TPSA) is 24.8 Å². The van der Waals surface area contributed by atoms with Gasteiger partial charge in [-0.15, -0.1) is 0 Å². The molecule has 0 spiro atoms. The Bertz CT molecular complexity index is 906. The highest BCUT2D eigenvalue weighted by Gasteiger charge is 2.30. The number of carbonyl (C=O) groups excluding carboxylic acids is 1. The Morgan fingerprint density at radius 2 is 1.30 bits per heavy atom. The van der Waals surface area contributed by atoms with E-state index < -0.39 is 0 Å². The molecule has 0 aliphatic carbocycles. The second-order valence-corrected chi connectivity index (χ2v) is 7.85. The molecule has 0 bridgehead atoms. The molecule has 152 valence electrons. The third-order valence-corrected chi connectivity index (χ3v) is 5.81. The van der Waals surface area contributed by atoms with Gasteiger partial charge in [-0.3, -0.25) is 4.79 Å². The average Bonchev–Trinajstić information content (AvgIpc) is 2.82. The number of quaternary nitrogens is 1. The van der Waals surface area contributed by atoms with E-state index in [2.05, 4.69) is 65.6 Å². The lowest BCUT2D eigenvalue weighted by Crippen LogP contribution is -3.14. The quantitative estimate of drug-likeness (QED) is 0.679. The van der Waals surface area contributed by atoms with Crippen LogP contribution >= 0.6 is 0 Å². The summed E-state index contributed by atoms with van der Waals surface area (Å²) in [5.74, 6) is -0.0156. The number of amides is 1. The molecule has 1 amide bonds. The van der Waals surface area contributed by atoms with Gasteiger partial charge in [-0.05, 0) is 22.8 Å². The number of hydrogen-bond donors (Lipinski definition) is 1. The van der Waals surface area contributed by atoms with E-state index in [1.807, 2.05) is 42.5 Å². The Kier molecular flexibility index (Phi) is 6.73. The van der Waals surface area contributed by atoms with E-state index in [9.17, 15) is 4.79 Å². The van der Waals surface area contributed by atoms with Crippen molar-refractivity contribution in [2.24, 2.45) is 0 Å². The van der Waals surface area contributed by atoms with Crippen LogP contribution in [0.15, 0.2) is 97.1 Å². The van der Waals surface area contributed by atoms with Crippen molar-refractivity contribution in [3.05, 3.63) is 114 Å². The van der Waals surface area contributed by atoms with Gasteiger partial charge < -0.3 is 9.80 Å². The Hall–Kier alpha value is -3.17. The number of carbonyl (C=O) groups is 1. The molecule has 3 aromatic carbocycles. The number of nitrogens with zero attached hydrogens (tertiary/aromatic N) is 1. The summed E-state index contributed by atoms with van der Waals surface area (Å²) in [7, 11) is 0. The molecule has 1 saturated heterocycles. The van der Waals surface area contributed by atoms with E-state index in [1.165, 1.54) is 10.5 Å². The van der Waals surface area contributed by atoms with Crippen LogP contribution in [0.4, 0.5) is 0 Å². The minimum atomic E-state index is -0.230. The first kappa shape index (κ1) is 20.1. The SMILES string of the molecule is O=C(C(c1ccccc1)c1ccccc1)N1CC[NH+](C/C=C/c2ccccc2)CC1. The van der Waals surface area contributed by atoms with Crippen molar-refractivity contribution in [3.63, 3.8) is 0 Å². The van der Waals surface area contributed by atoms with Crippen molar-refractivity contribution >= 4 is 12.0 Å². The molecule has 4 rings (SSSR count). The van der Waals surface area contributed by atoms with Crippen LogP contribution in [0, 0.1) is 0 Å². The van der Waals surface area contributed by atoms with Crippen molar-refractivity contribution in [3.8, 4) is 0 Å². The molecule has 1 N–H and O–H groups in total. The van der Waals surface area contributed by atoms with Crippen LogP contribution in [0.5, 0.6) is 0 Å². The van der Waals surface area contributed by atoms with Crippen LogP contribution in [0.25, 0.3) is 6.08 Å². The van der Waals surface area contributed by atoms with Crippen LogP contribution < -0.4 is 4.90 Å². The van der Waals surface area contributed by atoms with E-state index in [0.717, 1.165) is 43.9 Å². The van der Waals surface area contributed by atoms with E-state index in [1.54, 1.807) is 0 Å². The van der Waals surface area contributed by atoms with Crippen LogP contribution in [-0.2, 0) is 4.79 Å². The summed E-state index contributed by atoms with van der Waals surface area (Å²) in [5.41, 5.74) is 3.36. The average molecular weight is 398 g/mol. The fourth-order valence-electron chi connectivity index (χ4n) is 4.12. The normalized spacial score (nSPS) is 15.0. The first-order valence-corrected chi connectivity index (χ1v) is 10.7. The Morgan fingerprint density at radius 3 is 1.83 bits per heavy atom. The van der Waals surface area contributed by atoms with Gasteiger partial charge in [0.05, 0.1) is 38.6 Å². The standard InChI is InChI=1S/C27H28N2O/c30-27(26(24-14-6-2-7-15-24)25-16-8-3-9-17-25)29-21-19-28(20-22-29)18-10-13-23-11-4-1-5-12-23/h1-17,26H,18-22H2/p+1/b13-10+. The van der Waals surface area contributed by atoms with Gasteiger partial charge in [-0.1, -0.05) is 97.1 Å². The first-order chi connectivity index (χ1) is 14.8. The van der Waals surface area contributed by atoms with E-state index in [-0.39, 0.29) is 11.8 Å². The number of rotatable bonds is 6. The van der Waals surface area contributed by atoms with Crippen LogP contribution in [0.1, 0.15) is 22.6 Å². The zero-order chi connectivity index (χ0) is 20.6. The highest BCUT2D eigenvalue weighted by molar-refractivity contribution is 5.87. The van der Waals surface area contributed by atoms with Crippen LogP contribution in [0.3, 0.4) is 0 Å². The lowest BCUT2D eigenvalue weighted by molar-refractivity contribution is -0.898. The van der Waals surface area contributed by atoms with Crippen molar-refractivity contribution in [1.82, 2.24) is 4.90 Å². The molecule has 0 radical (unpaired) electrons. The third-order valence-electron chi connectivity index (χ3n) is 5.81. The van der Waals surface area contributed by atoms with Gasteiger partial charge >= 0.3 is 0 Å². The lowest BCUT2D eigenvalue weighted by atomic mass is 9.90. The molecule has 1 aliphatic heterocycles. The summed E-state index contributed by atoms with van der Waals surface area (Å²) in [4.78, 5) is 17.1. The molecule has 0 aromatic heterocycles. The minimum absolute atomic E-state index is 0.214. The van der Waals surface area contributed by atoms with Crippen molar-refractivity contribution in [1.29, 1.82) is 0 Å². The summed E-state index contributed by atoms with van der Waals surface area (Å²) in [6.45, 7) is 4.59. The fraction of sp³-hybridized carbons (Fsp3) is 0.222. The highest BCUT2D eigenvalue weighted by Crippen LogP contribution is 2.26. The fourth-order valence-corrected chi connectivity index (χ4v) is 4.12. The third kappa shape index (κ3) is 5.05. The number of benzene rings is 3. The van der Waals surface area contributed by atoms with Gasteiger partial charge in [-0.2, -0.15) is 0 Å². The molecule has 30 heavy (non-hydrogen) atoms. The number of piperazine rings is 1. The second kappa shape index (κ2) is 10.0. The van der Waals surface area contributed by atoms with Gasteiger partial charge in [0, 0.05) is 0 Å². The summed E-state index contributed by atoms with van der Waals surface area (Å²) < 4.78 is 0. The molecule has 0 saturated carbocycles. The summed E-state index contributed by atoms with van der Waals surface area (Å²) in [6.07, 6.45) is 4.43. The van der Waals surface area contributed by atoms with Crippen LogP contribution in [0.2, 0.25) is 0 Å². The zero-order valence-corrected chi connectivity index (χ0v) is 17.3. The minimum Gasteiger partial charge on any atom is -0.331 e. The maximum absolute atomic E-state index is 13.5. The van der Waals surface area contributed by atoms with E-state index in [0.29, 0.717) is 0 Å². The molecule has 1 aliphatic rings. The van der Waals surface area contributed by atoms with Gasteiger partial charge in [0.1, 0.15) is 0 Å². The largest absolute Gasteiger partial charge is 0.331 e. The molecule has 3 nitrogen and oxygen atoms in total. The van der Waals surface area contributed by atoms with Crippen molar-refractivity contribution in [2.75, 3.05) is 32.7 Å². The summed E-state index contributed by atoms with van der Waals surface area (Å²) in [5, 5.41) is 0. The van der Waals surface area contributed by atoms with Gasteiger partial charge in [0.2, 0.25) is 5.91 Å². The zero-order valence-electron chi connectivity index (χ0n) is 17.3. The Balaban J connectivity index is 1.39. The molecule has 0 atom stereocenters. The van der Waals surface area contributed by atoms with E-state index in [4.69, 9.17) is 0 Å². The van der Waals surface area contributed by atoms with Crippen molar-refractivity contribution in [2.45, 2.75) is 5.92 Å². The Labute approximate surface area is 179 Å². The molecular weight excluding hydrogens is 368 g/mol. The smallest absolute Gasteiger partial charge is 0.234 e. The number of nitrogens with one attached hydrogen (secondary N) is 1. The van der Waals surface area contributed by atoms with Crippen molar-refractivity contribution < 1.29 is 9.69 Å². The van der Waals surface area contributed by atoms with Crippen LogP contribution in [-0.4, -0.2) is 43.5 Å². The number of hydrogen-bond acceptors (Lipinski definition) is 1. The van der Waals surface area contributed by atoms with Gasteiger partial charge in [0.15, 0.2) is 0 Å². The Morgan fingerprint density at radius 1 is 0.800 bits per heavy atom. The van der Waals surface area contributed by atoms with E-state index >= 15 is 0 Å². The second-order valence-electron chi connectivity index (χ2n) is 7.85. The predicted octanol–water partition coefficient (Wildman–Crippen LogP) is 3.26. The van der Waals surface area contributed by atoms with Gasteiger partial charge in [-0.25, -0.2) is 0 Å². The molecular formula is C27H29N2O+. The molecule has 1 heterocycles. The lowest BCUT2D eigenvalue weighted by Gasteiger charge is -2.34. The summed E-state index contributed by atoms with van der Waals surface area (Å²) in [6, 6.07) is 30.7. The first-order valence-electron chi connectivity index (χ1n) is 10.7. The highest BCUT2D eigenvalue weighted by atomic mass is 16.2. The molecule has 1 fully saturated rings. The maximum atomic E-state index is 13.5. The van der Waals surface area contributed by atoms with Gasteiger partial charge in [0.25, 0.3) is 0 Å².